The van der Waals surface area contributed by atoms with E-state index in [-0.39, 0.29) is 5.41 Å². The van der Waals surface area contributed by atoms with E-state index >= 15 is 0 Å². The molecule has 0 spiro atoms. The number of nitrogens with one attached hydrogen (secondary N) is 2. The summed E-state index contributed by atoms with van der Waals surface area (Å²) in [6, 6.07) is 15.3. The Kier molecular flexibility index (Phi) is 8.36. The quantitative estimate of drug-likeness (QED) is 0.268. The fourth-order valence-corrected chi connectivity index (χ4v) is 4.89. The van der Waals surface area contributed by atoms with Gasteiger partial charge in [-0.25, -0.2) is 9.97 Å². The molecule has 5 rings (SSSR count). The monoisotopic (exact) mass is 550 g/mol. The number of hydrogen-bond acceptors (Lipinski definition) is 7. The van der Waals surface area contributed by atoms with E-state index in [0.29, 0.717) is 29.7 Å². The molecule has 1 aliphatic rings. The number of ether oxygens (including phenoxy) is 1. The second-order valence-electron chi connectivity index (χ2n) is 10.1. The second kappa shape index (κ2) is 12.3. The van der Waals surface area contributed by atoms with Crippen molar-refractivity contribution in [1.29, 1.82) is 0 Å². The predicted octanol–water partition coefficient (Wildman–Crippen LogP) is 6.13. The third kappa shape index (κ3) is 6.63. The Bertz CT molecular complexity index is 1640. The zero-order chi connectivity index (χ0) is 28.0. The van der Waals surface area contributed by atoms with Gasteiger partial charge in [0, 0.05) is 34.8 Å². The van der Waals surface area contributed by atoms with Gasteiger partial charge in [0.05, 0.1) is 28.5 Å². The van der Waals surface area contributed by atoms with E-state index < -0.39 is 0 Å². The van der Waals surface area contributed by atoms with E-state index in [1.807, 2.05) is 55.5 Å². The van der Waals surface area contributed by atoms with Crippen LogP contribution in [0.25, 0.3) is 10.9 Å². The normalized spacial score (nSPS) is 16.5. The van der Waals surface area contributed by atoms with Gasteiger partial charge in [-0.15, -0.1) is 5.92 Å². The lowest BCUT2D eigenvalue weighted by atomic mass is 9.90. The molecule has 0 bridgehead atoms. The van der Waals surface area contributed by atoms with E-state index in [0.717, 1.165) is 53.0 Å². The summed E-state index contributed by atoms with van der Waals surface area (Å²) < 4.78 is 5.86. The van der Waals surface area contributed by atoms with Crippen LogP contribution >= 0.6 is 11.6 Å². The molecule has 1 unspecified atom stereocenters. The third-order valence-electron chi connectivity index (χ3n) is 6.78. The molecule has 0 amide bonds. The zero-order valence-corrected chi connectivity index (χ0v) is 23.6. The van der Waals surface area contributed by atoms with E-state index in [4.69, 9.17) is 16.3 Å². The lowest BCUT2D eigenvalue weighted by molar-refractivity contribution is 0.301. The minimum atomic E-state index is -0.0324. The highest BCUT2D eigenvalue weighted by Crippen LogP contribution is 2.33. The van der Waals surface area contributed by atoms with Crippen LogP contribution in [0.1, 0.15) is 31.5 Å². The first-order chi connectivity index (χ1) is 19.4. The molecule has 1 fully saturated rings. The molecule has 8 heteroatoms. The Morgan fingerprint density at radius 1 is 1.12 bits per heavy atom. The van der Waals surface area contributed by atoms with Crippen LogP contribution in [0.4, 0.5) is 17.2 Å². The van der Waals surface area contributed by atoms with Gasteiger partial charge < -0.3 is 20.3 Å². The summed E-state index contributed by atoms with van der Waals surface area (Å²) in [6.45, 7) is 6.93. The summed E-state index contributed by atoms with van der Waals surface area (Å²) in [5.41, 5.74) is 4.16. The largest absolute Gasteiger partial charge is 0.486 e. The van der Waals surface area contributed by atoms with Crippen LogP contribution in [0.15, 0.2) is 61.1 Å². The molecular weight excluding hydrogens is 520 g/mol. The first kappa shape index (κ1) is 27.3. The standard InChI is InChI=1S/C32H31ClN6O/c1-4-5-14-35-28-19-26-29(17-23(28)11-12-32(2)13-16-39(3)21-32)36-22-37-31(26)38-24-9-10-30(27(33)18-24)40-20-25-8-6-7-15-34-25/h6-10,15,17-19,22,35H,13-14,16,20-21H2,1-3H3,(H,36,37,38). The summed E-state index contributed by atoms with van der Waals surface area (Å²) >= 11 is 6.55. The van der Waals surface area contributed by atoms with Crippen molar-refractivity contribution in [2.45, 2.75) is 26.9 Å². The molecule has 4 aromatic rings. The number of aromatic nitrogens is 3. The maximum atomic E-state index is 6.55. The van der Waals surface area contributed by atoms with Gasteiger partial charge in [0.15, 0.2) is 0 Å². The number of pyridine rings is 1. The smallest absolute Gasteiger partial charge is 0.141 e. The molecule has 0 radical (unpaired) electrons. The number of rotatable bonds is 7. The number of anilines is 3. The number of fused-ring (bicyclic) bond motifs is 1. The van der Waals surface area contributed by atoms with Crippen molar-refractivity contribution in [3.8, 4) is 29.4 Å². The van der Waals surface area contributed by atoms with Gasteiger partial charge in [0.2, 0.25) is 0 Å². The average Bonchev–Trinajstić information content (AvgIpc) is 3.30. The summed E-state index contributed by atoms with van der Waals surface area (Å²) in [5, 5.41) is 8.16. The van der Waals surface area contributed by atoms with Gasteiger partial charge in [0.1, 0.15) is 24.5 Å². The first-order valence-corrected chi connectivity index (χ1v) is 13.5. The summed E-state index contributed by atoms with van der Waals surface area (Å²) in [6.07, 6.45) is 4.35. The van der Waals surface area contributed by atoms with Crippen LogP contribution in [0.5, 0.6) is 5.75 Å². The van der Waals surface area contributed by atoms with Gasteiger partial charge in [-0.05, 0) is 76.3 Å². The number of nitrogens with zero attached hydrogens (tertiary/aromatic N) is 4. The fourth-order valence-electron chi connectivity index (χ4n) is 4.66. The zero-order valence-electron chi connectivity index (χ0n) is 22.9. The van der Waals surface area contributed by atoms with Crippen molar-refractivity contribution in [3.63, 3.8) is 0 Å². The minimum Gasteiger partial charge on any atom is -0.486 e. The predicted molar refractivity (Wildman–Crippen MR) is 162 cm³/mol. The van der Waals surface area contributed by atoms with Crippen molar-refractivity contribution >= 4 is 39.7 Å². The number of benzene rings is 2. The number of halogens is 1. The Labute approximate surface area is 240 Å². The Morgan fingerprint density at radius 2 is 2.02 bits per heavy atom. The molecular formula is C32H31ClN6O. The fraction of sp³-hybridized carbons (Fsp3) is 0.281. The highest BCUT2D eigenvalue weighted by molar-refractivity contribution is 6.32. The highest BCUT2D eigenvalue weighted by Gasteiger charge is 2.30. The lowest BCUT2D eigenvalue weighted by Gasteiger charge is -2.16. The van der Waals surface area contributed by atoms with Gasteiger partial charge in [-0.1, -0.05) is 35.4 Å². The number of likely N-dealkylation sites (tertiary alicyclic amines) is 1. The molecule has 202 valence electrons. The highest BCUT2D eigenvalue weighted by atomic mass is 35.5. The van der Waals surface area contributed by atoms with Gasteiger partial charge >= 0.3 is 0 Å². The molecule has 0 saturated carbocycles. The molecule has 3 heterocycles. The molecule has 0 aliphatic carbocycles. The summed E-state index contributed by atoms with van der Waals surface area (Å²) in [5.74, 6) is 14.2. The summed E-state index contributed by atoms with van der Waals surface area (Å²) in [7, 11) is 2.14. The van der Waals surface area contributed by atoms with Gasteiger partial charge in [-0.3, -0.25) is 4.98 Å². The van der Waals surface area contributed by atoms with Crippen molar-refractivity contribution in [1.82, 2.24) is 19.9 Å². The van der Waals surface area contributed by atoms with E-state index in [1.54, 1.807) is 12.5 Å². The topological polar surface area (TPSA) is 75.2 Å². The van der Waals surface area contributed by atoms with E-state index in [9.17, 15) is 0 Å². The van der Waals surface area contributed by atoms with Crippen molar-refractivity contribution in [3.05, 3.63) is 77.3 Å². The second-order valence-corrected chi connectivity index (χ2v) is 10.5. The van der Waals surface area contributed by atoms with Crippen LogP contribution in [0.3, 0.4) is 0 Å². The number of hydrogen-bond donors (Lipinski definition) is 2. The Morgan fingerprint density at radius 3 is 2.77 bits per heavy atom. The van der Waals surface area contributed by atoms with Gasteiger partial charge in [0.25, 0.3) is 0 Å². The minimum absolute atomic E-state index is 0.0324. The SMILES string of the molecule is CC#CCNc1cc2c(Nc3ccc(OCc4ccccn4)c(Cl)c3)ncnc2cc1C#CC1(C)CCN(C)C1. The van der Waals surface area contributed by atoms with Crippen molar-refractivity contribution in [2.24, 2.45) is 5.41 Å². The molecule has 40 heavy (non-hydrogen) atoms. The molecule has 2 aromatic heterocycles. The van der Waals surface area contributed by atoms with Crippen LogP contribution in [0.2, 0.25) is 5.02 Å². The van der Waals surface area contributed by atoms with Crippen molar-refractivity contribution < 1.29 is 4.74 Å². The first-order valence-electron chi connectivity index (χ1n) is 13.2. The lowest BCUT2D eigenvalue weighted by Crippen LogP contribution is -2.20. The molecule has 2 aromatic carbocycles. The Hall–Kier alpha value is -4.30. The average molecular weight is 551 g/mol. The van der Waals surface area contributed by atoms with Crippen LogP contribution in [-0.2, 0) is 6.61 Å². The molecule has 7 nitrogen and oxygen atoms in total. The Balaban J connectivity index is 1.41. The van der Waals surface area contributed by atoms with Crippen LogP contribution in [-0.4, -0.2) is 46.5 Å². The molecule has 1 atom stereocenters. The summed E-state index contributed by atoms with van der Waals surface area (Å²) in [4.78, 5) is 15.7. The van der Waals surface area contributed by atoms with E-state index in [1.165, 1.54) is 0 Å². The maximum Gasteiger partial charge on any atom is 0.141 e. The molecule has 2 N–H and O–H groups in total. The van der Waals surface area contributed by atoms with Crippen LogP contribution < -0.4 is 15.4 Å². The third-order valence-corrected chi connectivity index (χ3v) is 7.07. The van der Waals surface area contributed by atoms with Crippen molar-refractivity contribution in [2.75, 3.05) is 37.3 Å². The maximum absolute atomic E-state index is 6.55. The van der Waals surface area contributed by atoms with Crippen LogP contribution in [0, 0.1) is 29.1 Å². The van der Waals surface area contributed by atoms with Gasteiger partial charge in [-0.2, -0.15) is 0 Å². The van der Waals surface area contributed by atoms with E-state index in [2.05, 4.69) is 68.1 Å². The molecule has 1 aliphatic heterocycles. The molecule has 1 saturated heterocycles.